The van der Waals surface area contributed by atoms with Crippen molar-refractivity contribution in [3.63, 3.8) is 0 Å². The van der Waals surface area contributed by atoms with Crippen LogP contribution < -0.4 is 0 Å². The Bertz CT molecular complexity index is 314. The highest BCUT2D eigenvalue weighted by atomic mass is 16.4. The summed E-state index contributed by atoms with van der Waals surface area (Å²) in [5.74, 6) is 2.40. The maximum atomic E-state index is 9.10. The van der Waals surface area contributed by atoms with Gasteiger partial charge in [-0.05, 0) is 56.3 Å². The summed E-state index contributed by atoms with van der Waals surface area (Å²) < 4.78 is 0. The highest BCUT2D eigenvalue weighted by Gasteiger charge is 2.53. The van der Waals surface area contributed by atoms with Crippen LogP contribution in [-0.2, 0) is 0 Å². The molecule has 0 saturated heterocycles. The molecule has 0 amide bonds. The molecule has 0 aromatic rings. The zero-order valence-corrected chi connectivity index (χ0v) is 9.34. The maximum Gasteiger partial charge on any atom is 0.107 e. The minimum Gasteiger partial charge on any atom is -0.411 e. The molecule has 0 aliphatic heterocycles. The van der Waals surface area contributed by atoms with Gasteiger partial charge in [0.05, 0.1) is 6.21 Å². The van der Waals surface area contributed by atoms with Gasteiger partial charge in [-0.15, -0.1) is 0 Å². The molecule has 4 heteroatoms. The first-order chi connectivity index (χ1) is 7.75. The third-order valence-corrected chi connectivity index (χ3v) is 4.87. The van der Waals surface area contributed by atoms with E-state index in [2.05, 4.69) is 10.3 Å². The molecule has 88 valence electrons. The van der Waals surface area contributed by atoms with Crippen LogP contribution in [0.1, 0.15) is 38.5 Å². The Labute approximate surface area is 95.0 Å². The molecule has 4 rings (SSSR count). The lowest BCUT2D eigenvalue weighted by Crippen LogP contribution is -2.50. The van der Waals surface area contributed by atoms with Crippen LogP contribution in [0.4, 0.5) is 0 Å². The first kappa shape index (κ1) is 10.1. The first-order valence-corrected chi connectivity index (χ1v) is 6.16. The van der Waals surface area contributed by atoms with Gasteiger partial charge in [-0.1, -0.05) is 10.3 Å². The molecule has 4 aliphatic carbocycles. The molecule has 2 N–H and O–H groups in total. The van der Waals surface area contributed by atoms with Gasteiger partial charge in [-0.25, -0.2) is 0 Å². The molecule has 16 heavy (non-hydrogen) atoms. The van der Waals surface area contributed by atoms with Gasteiger partial charge in [-0.3, -0.25) is 0 Å². The highest BCUT2D eigenvalue weighted by molar-refractivity contribution is 6.32. The SMILES string of the molecule is O/N=C\C(=N\O)C12CC3CC(CC(C3)C1)C2. The van der Waals surface area contributed by atoms with Crippen molar-refractivity contribution in [3.05, 3.63) is 0 Å². The van der Waals surface area contributed by atoms with Crippen molar-refractivity contribution in [2.45, 2.75) is 38.5 Å². The van der Waals surface area contributed by atoms with Crippen molar-refractivity contribution in [1.82, 2.24) is 0 Å². The number of hydrogen-bond donors (Lipinski definition) is 2. The fourth-order valence-electron chi connectivity index (χ4n) is 4.75. The third kappa shape index (κ3) is 1.35. The van der Waals surface area contributed by atoms with Gasteiger partial charge in [0.15, 0.2) is 0 Å². The van der Waals surface area contributed by atoms with E-state index in [1.807, 2.05) is 0 Å². The van der Waals surface area contributed by atoms with E-state index in [0.717, 1.165) is 37.0 Å². The van der Waals surface area contributed by atoms with E-state index >= 15 is 0 Å². The molecule has 0 unspecified atom stereocenters. The van der Waals surface area contributed by atoms with Crippen molar-refractivity contribution in [3.8, 4) is 0 Å². The standard InChI is InChI=1S/C12H18N2O2/c15-13-7-11(14-16)12-4-8-1-9(5-12)3-10(2-8)6-12/h7-10,15-16H,1-6H2/b13-7-,14-11-. The molecule has 0 aromatic heterocycles. The number of nitrogens with zero attached hydrogens (tertiary/aromatic N) is 2. The van der Waals surface area contributed by atoms with Crippen LogP contribution in [-0.4, -0.2) is 22.3 Å². The molecule has 4 nitrogen and oxygen atoms in total. The minimum absolute atomic E-state index is 0.00965. The molecule has 0 aromatic carbocycles. The van der Waals surface area contributed by atoms with E-state index in [4.69, 9.17) is 10.4 Å². The second kappa shape index (κ2) is 3.47. The summed E-state index contributed by atoms with van der Waals surface area (Å²) in [5, 5.41) is 24.2. The van der Waals surface area contributed by atoms with Gasteiger partial charge in [0.25, 0.3) is 0 Å². The Hall–Kier alpha value is -1.06. The molecule has 4 aliphatic rings. The Balaban J connectivity index is 1.93. The summed E-state index contributed by atoms with van der Waals surface area (Å²) in [7, 11) is 0. The summed E-state index contributed by atoms with van der Waals surface area (Å²) >= 11 is 0. The molecule has 0 spiro atoms. The number of oxime groups is 2. The van der Waals surface area contributed by atoms with Gasteiger partial charge >= 0.3 is 0 Å². The minimum atomic E-state index is 0.00965. The molecule has 4 bridgehead atoms. The van der Waals surface area contributed by atoms with Crippen LogP contribution in [0.15, 0.2) is 10.3 Å². The molecular weight excluding hydrogens is 204 g/mol. The Kier molecular flexibility index (Phi) is 2.19. The largest absolute Gasteiger partial charge is 0.411 e. The van der Waals surface area contributed by atoms with Crippen LogP contribution in [0, 0.1) is 23.2 Å². The van der Waals surface area contributed by atoms with Crippen molar-refractivity contribution in [1.29, 1.82) is 0 Å². The summed E-state index contributed by atoms with van der Waals surface area (Å²) in [4.78, 5) is 0. The van der Waals surface area contributed by atoms with Crippen LogP contribution in [0.5, 0.6) is 0 Å². The summed E-state index contributed by atoms with van der Waals surface area (Å²) in [6.07, 6.45) is 8.74. The fourth-order valence-corrected chi connectivity index (χ4v) is 4.75. The van der Waals surface area contributed by atoms with Gasteiger partial charge in [-0.2, -0.15) is 0 Å². The Morgan fingerprint density at radius 1 is 1.00 bits per heavy atom. The molecular formula is C12H18N2O2. The van der Waals surface area contributed by atoms with E-state index in [1.165, 1.54) is 25.5 Å². The van der Waals surface area contributed by atoms with Gasteiger partial charge in [0.1, 0.15) is 5.71 Å². The predicted molar refractivity (Wildman–Crippen MR) is 60.1 cm³/mol. The summed E-state index contributed by atoms with van der Waals surface area (Å²) in [5.41, 5.74) is 0.601. The normalized spacial score (nSPS) is 46.8. The zero-order valence-electron chi connectivity index (χ0n) is 9.34. The molecule has 4 saturated carbocycles. The van der Waals surface area contributed by atoms with Crippen molar-refractivity contribution >= 4 is 11.9 Å². The van der Waals surface area contributed by atoms with Gasteiger partial charge < -0.3 is 10.4 Å². The van der Waals surface area contributed by atoms with Crippen LogP contribution in [0.2, 0.25) is 0 Å². The quantitative estimate of drug-likeness (QED) is 0.428. The lowest BCUT2D eigenvalue weighted by Gasteiger charge is -2.56. The van der Waals surface area contributed by atoms with E-state index in [9.17, 15) is 0 Å². The number of hydrogen-bond acceptors (Lipinski definition) is 4. The Morgan fingerprint density at radius 2 is 1.50 bits per heavy atom. The zero-order chi connectivity index (χ0) is 11.2. The molecule has 0 atom stereocenters. The topological polar surface area (TPSA) is 65.2 Å². The maximum absolute atomic E-state index is 9.10. The summed E-state index contributed by atoms with van der Waals surface area (Å²) in [6, 6.07) is 0. The summed E-state index contributed by atoms with van der Waals surface area (Å²) in [6.45, 7) is 0. The van der Waals surface area contributed by atoms with Crippen LogP contribution in [0.3, 0.4) is 0 Å². The lowest BCUT2D eigenvalue weighted by molar-refractivity contribution is -0.0124. The smallest absolute Gasteiger partial charge is 0.107 e. The van der Waals surface area contributed by atoms with E-state index in [1.54, 1.807) is 0 Å². The highest BCUT2D eigenvalue weighted by Crippen LogP contribution is 2.60. The average molecular weight is 222 g/mol. The van der Waals surface area contributed by atoms with Crippen molar-refractivity contribution in [2.75, 3.05) is 0 Å². The Morgan fingerprint density at radius 3 is 1.88 bits per heavy atom. The number of rotatable bonds is 2. The fraction of sp³-hybridized carbons (Fsp3) is 0.833. The lowest BCUT2D eigenvalue weighted by atomic mass is 9.48. The monoisotopic (exact) mass is 222 g/mol. The predicted octanol–water partition coefficient (Wildman–Crippen LogP) is 2.49. The molecule has 0 radical (unpaired) electrons. The molecule has 4 fully saturated rings. The van der Waals surface area contributed by atoms with Crippen LogP contribution in [0.25, 0.3) is 0 Å². The van der Waals surface area contributed by atoms with E-state index in [0.29, 0.717) is 5.71 Å². The average Bonchev–Trinajstić information content (AvgIpc) is 2.23. The third-order valence-electron chi connectivity index (χ3n) is 4.87. The van der Waals surface area contributed by atoms with Crippen molar-refractivity contribution in [2.24, 2.45) is 33.5 Å². The van der Waals surface area contributed by atoms with Crippen LogP contribution >= 0.6 is 0 Å². The van der Waals surface area contributed by atoms with Gasteiger partial charge in [0, 0.05) is 5.41 Å². The molecule has 0 heterocycles. The van der Waals surface area contributed by atoms with Crippen molar-refractivity contribution < 1.29 is 10.4 Å². The second-order valence-electron chi connectivity index (χ2n) is 5.93. The first-order valence-electron chi connectivity index (χ1n) is 6.16. The van der Waals surface area contributed by atoms with E-state index < -0.39 is 0 Å². The van der Waals surface area contributed by atoms with Gasteiger partial charge in [0.2, 0.25) is 0 Å². The van der Waals surface area contributed by atoms with E-state index in [-0.39, 0.29) is 5.41 Å². The second-order valence-corrected chi connectivity index (χ2v) is 5.93.